The molecule has 0 aromatic carbocycles. The maximum atomic E-state index is 8.57. The Bertz CT molecular complexity index is 360. The van der Waals surface area contributed by atoms with Crippen LogP contribution < -0.4 is 5.73 Å². The fourth-order valence-corrected chi connectivity index (χ4v) is 3.07. The van der Waals surface area contributed by atoms with E-state index in [0.29, 0.717) is 0 Å². The first kappa shape index (κ1) is 22.1. The summed E-state index contributed by atoms with van der Waals surface area (Å²) in [5, 5.41) is 8.57. The number of hydrogen-bond acceptors (Lipinski definition) is 2. The van der Waals surface area contributed by atoms with Gasteiger partial charge in [0.05, 0.1) is 6.61 Å². The summed E-state index contributed by atoms with van der Waals surface area (Å²) < 4.78 is 0. The van der Waals surface area contributed by atoms with E-state index in [0.717, 1.165) is 24.3 Å². The Hall–Kier alpha value is -0.860. The molecule has 134 valence electrons. The minimum atomic E-state index is 0.0795. The maximum absolute atomic E-state index is 8.57. The van der Waals surface area contributed by atoms with Crippen molar-refractivity contribution in [3.8, 4) is 0 Å². The highest BCUT2D eigenvalue weighted by atomic mass is 16.2. The Balaban J connectivity index is 0.000000422. The van der Waals surface area contributed by atoms with Crippen LogP contribution in [0.5, 0.6) is 0 Å². The second kappa shape index (κ2) is 14.7. The summed E-state index contributed by atoms with van der Waals surface area (Å²) in [4.78, 5) is 0. The van der Waals surface area contributed by atoms with E-state index in [9.17, 15) is 0 Å². The highest BCUT2D eigenvalue weighted by Crippen LogP contribution is 2.28. The van der Waals surface area contributed by atoms with Gasteiger partial charge >= 0.3 is 0 Å². The van der Waals surface area contributed by atoms with E-state index >= 15 is 0 Å². The number of hydrogen-bond donors (Lipinski definition) is 2. The molecular formula is C21H39NO. The third-order valence-electron chi connectivity index (χ3n) is 4.73. The molecule has 1 saturated carbocycles. The summed E-state index contributed by atoms with van der Waals surface area (Å²) in [6, 6.07) is 0.114. The Kier molecular flexibility index (Phi) is 14.2. The zero-order valence-corrected chi connectivity index (χ0v) is 15.9. The molecule has 0 aliphatic heterocycles. The minimum absolute atomic E-state index is 0.0795. The molecule has 0 heterocycles. The molecule has 1 atom stereocenters. The van der Waals surface area contributed by atoms with E-state index in [2.05, 4.69) is 26.8 Å². The molecular weight excluding hydrogens is 282 g/mol. The monoisotopic (exact) mass is 321 g/mol. The zero-order valence-electron chi connectivity index (χ0n) is 15.9. The van der Waals surface area contributed by atoms with Crippen molar-refractivity contribution < 1.29 is 5.11 Å². The molecule has 1 fully saturated rings. The van der Waals surface area contributed by atoms with E-state index in [1.807, 2.05) is 19.1 Å². The molecule has 1 unspecified atom stereocenters. The fourth-order valence-electron chi connectivity index (χ4n) is 3.07. The van der Waals surface area contributed by atoms with Crippen LogP contribution >= 0.6 is 0 Å². The lowest BCUT2D eigenvalue weighted by Gasteiger charge is -2.13. The van der Waals surface area contributed by atoms with Gasteiger partial charge in [-0.25, -0.2) is 0 Å². The fraction of sp³-hybridized carbons (Fsp3) is 0.714. The second-order valence-electron chi connectivity index (χ2n) is 6.49. The first-order valence-electron chi connectivity index (χ1n) is 9.42. The van der Waals surface area contributed by atoms with Crippen molar-refractivity contribution in [1.82, 2.24) is 0 Å². The van der Waals surface area contributed by atoms with Crippen molar-refractivity contribution in [1.29, 1.82) is 0 Å². The number of aliphatic hydroxyl groups is 1. The Labute approximate surface area is 144 Å². The van der Waals surface area contributed by atoms with Gasteiger partial charge in [-0.05, 0) is 51.5 Å². The number of rotatable bonds is 6. The quantitative estimate of drug-likeness (QED) is 0.384. The second-order valence-corrected chi connectivity index (χ2v) is 6.49. The van der Waals surface area contributed by atoms with Crippen molar-refractivity contribution in [2.24, 2.45) is 11.7 Å². The average Bonchev–Trinajstić information content (AvgIpc) is 2.85. The summed E-state index contributed by atoms with van der Waals surface area (Å²) in [6.07, 6.45) is 18.7. The van der Waals surface area contributed by atoms with Crippen LogP contribution in [-0.2, 0) is 0 Å². The van der Waals surface area contributed by atoms with Crippen molar-refractivity contribution in [3.05, 3.63) is 35.5 Å². The highest BCUT2D eigenvalue weighted by molar-refractivity contribution is 5.23. The molecule has 0 saturated heterocycles. The molecule has 1 aliphatic rings. The van der Waals surface area contributed by atoms with Crippen LogP contribution in [0.2, 0.25) is 0 Å². The van der Waals surface area contributed by atoms with Gasteiger partial charge in [0.2, 0.25) is 0 Å². The molecule has 0 aromatic rings. The zero-order chi connectivity index (χ0) is 17.5. The van der Waals surface area contributed by atoms with Gasteiger partial charge in [-0.3, -0.25) is 0 Å². The summed E-state index contributed by atoms with van der Waals surface area (Å²) in [5.74, 6) is 0.919. The third kappa shape index (κ3) is 10.5. The Morgan fingerprint density at radius 2 is 1.74 bits per heavy atom. The lowest BCUT2D eigenvalue weighted by Crippen LogP contribution is -2.21. The van der Waals surface area contributed by atoms with Crippen LogP contribution in [0.4, 0.5) is 0 Å². The smallest absolute Gasteiger partial charge is 0.0615 e. The standard InChI is InChI=1S/C11H20.C10H19NO/c1-3-10(2)11-8-6-4-5-7-9-11;1-3-6-10(11)9(4-2)7-5-8-12/h3,11H,4-9H2,1-2H3;4-5,7,10,12H,3,6,8,11H2,1-2H3/b10-3+;7-5-,9-4+. The summed E-state index contributed by atoms with van der Waals surface area (Å²) in [6.45, 7) is 8.61. The van der Waals surface area contributed by atoms with Gasteiger partial charge in [0.25, 0.3) is 0 Å². The van der Waals surface area contributed by atoms with Crippen molar-refractivity contribution in [3.63, 3.8) is 0 Å². The van der Waals surface area contributed by atoms with Crippen LogP contribution in [0.3, 0.4) is 0 Å². The molecule has 23 heavy (non-hydrogen) atoms. The van der Waals surface area contributed by atoms with Gasteiger partial charge in [-0.1, -0.05) is 68.9 Å². The predicted molar refractivity (Wildman–Crippen MR) is 103 cm³/mol. The Morgan fingerprint density at radius 3 is 2.17 bits per heavy atom. The summed E-state index contributed by atoms with van der Waals surface area (Å²) >= 11 is 0. The van der Waals surface area contributed by atoms with E-state index < -0.39 is 0 Å². The molecule has 0 bridgehead atoms. The van der Waals surface area contributed by atoms with Crippen LogP contribution in [-0.4, -0.2) is 17.8 Å². The molecule has 2 heteroatoms. The number of allylic oxidation sites excluding steroid dienone is 3. The number of nitrogens with two attached hydrogens (primary N) is 1. The lowest BCUT2D eigenvalue weighted by atomic mass is 9.93. The SMILES string of the molecule is C/C=C(\C)C1CCCCCC1.C/C=C(\C=C/CO)C(N)CCC. The molecule has 0 amide bonds. The van der Waals surface area contributed by atoms with Crippen LogP contribution in [0.15, 0.2) is 35.5 Å². The van der Waals surface area contributed by atoms with E-state index in [-0.39, 0.29) is 12.6 Å². The molecule has 0 spiro atoms. The minimum Gasteiger partial charge on any atom is -0.392 e. The van der Waals surface area contributed by atoms with Crippen LogP contribution in [0.25, 0.3) is 0 Å². The number of aliphatic hydroxyl groups excluding tert-OH is 1. The Morgan fingerprint density at radius 1 is 1.13 bits per heavy atom. The first-order chi connectivity index (χ1) is 11.1. The molecule has 0 aromatic heterocycles. The van der Waals surface area contributed by atoms with Gasteiger partial charge in [-0.2, -0.15) is 0 Å². The topological polar surface area (TPSA) is 46.2 Å². The van der Waals surface area contributed by atoms with Gasteiger partial charge in [0, 0.05) is 6.04 Å². The molecule has 0 radical (unpaired) electrons. The average molecular weight is 322 g/mol. The normalized spacial score (nSPS) is 19.2. The molecule has 2 nitrogen and oxygen atoms in total. The van der Waals surface area contributed by atoms with Gasteiger partial charge in [0.15, 0.2) is 0 Å². The van der Waals surface area contributed by atoms with Crippen molar-refractivity contribution >= 4 is 0 Å². The van der Waals surface area contributed by atoms with Gasteiger partial charge in [-0.15, -0.1) is 0 Å². The van der Waals surface area contributed by atoms with Crippen molar-refractivity contribution in [2.45, 2.75) is 85.1 Å². The van der Waals surface area contributed by atoms with Gasteiger partial charge < -0.3 is 10.8 Å². The summed E-state index contributed by atoms with van der Waals surface area (Å²) in [5.41, 5.74) is 8.60. The third-order valence-corrected chi connectivity index (χ3v) is 4.73. The highest BCUT2D eigenvalue weighted by Gasteiger charge is 2.12. The molecule has 1 aliphatic carbocycles. The van der Waals surface area contributed by atoms with E-state index in [4.69, 9.17) is 10.8 Å². The van der Waals surface area contributed by atoms with Gasteiger partial charge in [0.1, 0.15) is 0 Å². The molecule has 1 rings (SSSR count). The van der Waals surface area contributed by atoms with E-state index in [1.54, 1.807) is 11.6 Å². The predicted octanol–water partition coefficient (Wildman–Crippen LogP) is 5.53. The van der Waals surface area contributed by atoms with E-state index in [1.165, 1.54) is 38.5 Å². The lowest BCUT2D eigenvalue weighted by molar-refractivity contribution is 0.342. The largest absolute Gasteiger partial charge is 0.392 e. The summed E-state index contributed by atoms with van der Waals surface area (Å²) in [7, 11) is 0. The van der Waals surface area contributed by atoms with Crippen LogP contribution in [0.1, 0.15) is 79.1 Å². The molecule has 3 N–H and O–H groups in total. The maximum Gasteiger partial charge on any atom is 0.0615 e. The van der Waals surface area contributed by atoms with Crippen LogP contribution in [0, 0.1) is 5.92 Å². The first-order valence-corrected chi connectivity index (χ1v) is 9.42. The van der Waals surface area contributed by atoms with Crippen molar-refractivity contribution in [2.75, 3.05) is 6.61 Å².